The predicted molar refractivity (Wildman–Crippen MR) is 87.7 cm³/mol. The number of methoxy groups -OCH3 is 1. The van der Waals surface area contributed by atoms with Crippen molar-refractivity contribution in [1.82, 2.24) is 0 Å². The van der Waals surface area contributed by atoms with E-state index in [0.29, 0.717) is 12.2 Å². The summed E-state index contributed by atoms with van der Waals surface area (Å²) >= 11 is 0. The van der Waals surface area contributed by atoms with Gasteiger partial charge in [-0.1, -0.05) is 0 Å². The van der Waals surface area contributed by atoms with Gasteiger partial charge in [-0.2, -0.15) is 0 Å². The molecule has 0 aliphatic carbocycles. The summed E-state index contributed by atoms with van der Waals surface area (Å²) in [5, 5.41) is 11.6. The van der Waals surface area contributed by atoms with E-state index in [-0.39, 0.29) is 17.9 Å². The second-order valence-corrected chi connectivity index (χ2v) is 5.00. The largest absolute Gasteiger partial charge is 0.494 e. The number of carbonyl (C=O) groups excluding carboxylic acids is 1. The van der Waals surface area contributed by atoms with Gasteiger partial charge in [0.1, 0.15) is 0 Å². The van der Waals surface area contributed by atoms with E-state index in [9.17, 15) is 9.18 Å². The lowest BCUT2D eigenvalue weighted by Crippen LogP contribution is -2.21. The van der Waals surface area contributed by atoms with Gasteiger partial charge in [-0.25, -0.2) is 4.39 Å². The number of hydrogen-bond donors (Lipinski definition) is 2. The van der Waals surface area contributed by atoms with Gasteiger partial charge >= 0.3 is 0 Å². The lowest BCUT2D eigenvalue weighted by atomic mass is 10.2. The number of carbonyl (C=O) groups is 1. The minimum atomic E-state index is -0.582. The molecule has 6 heteroatoms. The quantitative estimate of drug-likeness (QED) is 0.859. The number of hydrogen-bond acceptors (Lipinski definition) is 4. The molecule has 0 unspecified atom stereocenters. The highest BCUT2D eigenvalue weighted by atomic mass is 19.1. The van der Waals surface area contributed by atoms with E-state index in [1.54, 1.807) is 12.1 Å². The molecule has 0 heterocycles. The van der Waals surface area contributed by atoms with Crippen molar-refractivity contribution >= 4 is 17.3 Å². The minimum absolute atomic E-state index is 0.0675. The summed E-state index contributed by atoms with van der Waals surface area (Å²) in [6, 6.07) is 11.2. The zero-order chi connectivity index (χ0) is 16.8. The van der Waals surface area contributed by atoms with Crippen molar-refractivity contribution in [1.29, 1.82) is 0 Å². The van der Waals surface area contributed by atoms with Crippen molar-refractivity contribution in [2.45, 2.75) is 0 Å². The molecule has 2 aromatic rings. The second kappa shape index (κ2) is 7.60. The molecule has 0 radical (unpaired) electrons. The van der Waals surface area contributed by atoms with Crippen LogP contribution in [0.4, 0.5) is 15.8 Å². The Bertz CT molecular complexity index is 674. The molecule has 0 aromatic heterocycles. The first-order valence-corrected chi connectivity index (χ1v) is 7.12. The van der Waals surface area contributed by atoms with E-state index in [1.165, 1.54) is 19.2 Å². The molecular weight excluding hydrogens is 299 g/mol. The highest BCUT2D eigenvalue weighted by molar-refractivity contribution is 6.04. The van der Waals surface area contributed by atoms with Crippen LogP contribution in [-0.4, -0.2) is 38.3 Å². The zero-order valence-corrected chi connectivity index (χ0v) is 13.0. The number of nitrogens with one attached hydrogen (secondary N) is 1. The van der Waals surface area contributed by atoms with Crippen molar-refractivity contribution < 1.29 is 19.0 Å². The summed E-state index contributed by atoms with van der Waals surface area (Å²) in [5.41, 5.74) is 1.74. The van der Waals surface area contributed by atoms with E-state index in [1.807, 2.05) is 24.1 Å². The molecule has 5 nitrogen and oxygen atoms in total. The van der Waals surface area contributed by atoms with Gasteiger partial charge in [0.25, 0.3) is 5.91 Å². The predicted octanol–water partition coefficient (Wildman–Crippen LogP) is 2.52. The number of aliphatic hydroxyl groups is 1. The molecule has 0 saturated carbocycles. The van der Waals surface area contributed by atoms with E-state index in [2.05, 4.69) is 5.32 Å². The summed E-state index contributed by atoms with van der Waals surface area (Å²) in [6.07, 6.45) is 0. The van der Waals surface area contributed by atoms with E-state index >= 15 is 0 Å². The minimum Gasteiger partial charge on any atom is -0.494 e. The Morgan fingerprint density at radius 2 is 1.96 bits per heavy atom. The molecule has 0 aliphatic heterocycles. The molecule has 0 bridgehead atoms. The number of aliphatic hydroxyl groups excluding tert-OH is 1. The van der Waals surface area contributed by atoms with Crippen LogP contribution in [0.1, 0.15) is 10.4 Å². The molecular formula is C17H19FN2O3. The number of benzene rings is 2. The smallest absolute Gasteiger partial charge is 0.255 e. The molecule has 2 rings (SSSR count). The van der Waals surface area contributed by atoms with E-state index in [0.717, 1.165) is 11.8 Å². The molecule has 0 saturated heterocycles. The van der Waals surface area contributed by atoms with Gasteiger partial charge < -0.3 is 20.1 Å². The van der Waals surface area contributed by atoms with Gasteiger partial charge in [0, 0.05) is 30.5 Å². The summed E-state index contributed by atoms with van der Waals surface area (Å²) in [5.74, 6) is -0.887. The highest BCUT2D eigenvalue weighted by Crippen LogP contribution is 2.20. The number of anilines is 2. The Morgan fingerprint density at radius 3 is 2.52 bits per heavy atom. The highest BCUT2D eigenvalue weighted by Gasteiger charge is 2.10. The fourth-order valence-corrected chi connectivity index (χ4v) is 2.09. The molecule has 0 fully saturated rings. The normalized spacial score (nSPS) is 10.3. The molecule has 0 aliphatic rings. The number of likely N-dealkylation sites (N-methyl/N-ethyl adjacent to an activating group) is 1. The third kappa shape index (κ3) is 4.20. The van der Waals surface area contributed by atoms with Gasteiger partial charge in [0.05, 0.1) is 13.7 Å². The van der Waals surface area contributed by atoms with Crippen molar-refractivity contribution in [3.05, 3.63) is 53.8 Å². The average molecular weight is 318 g/mol. The van der Waals surface area contributed by atoms with Gasteiger partial charge in [0.2, 0.25) is 0 Å². The van der Waals surface area contributed by atoms with E-state index < -0.39 is 11.7 Å². The molecule has 2 aromatic carbocycles. The maximum absolute atomic E-state index is 13.6. The van der Waals surface area contributed by atoms with Crippen molar-refractivity contribution in [2.24, 2.45) is 0 Å². The zero-order valence-electron chi connectivity index (χ0n) is 13.0. The Balaban J connectivity index is 2.06. The Morgan fingerprint density at radius 1 is 1.26 bits per heavy atom. The first kappa shape index (κ1) is 16.8. The maximum Gasteiger partial charge on any atom is 0.255 e. The van der Waals surface area contributed by atoms with E-state index in [4.69, 9.17) is 9.84 Å². The van der Waals surface area contributed by atoms with Crippen molar-refractivity contribution in [2.75, 3.05) is 37.5 Å². The van der Waals surface area contributed by atoms with Crippen LogP contribution >= 0.6 is 0 Å². The van der Waals surface area contributed by atoms with Gasteiger partial charge in [-0.05, 0) is 42.5 Å². The summed E-state index contributed by atoms with van der Waals surface area (Å²) in [4.78, 5) is 14.0. The summed E-state index contributed by atoms with van der Waals surface area (Å²) < 4.78 is 18.5. The van der Waals surface area contributed by atoms with Crippen LogP contribution in [0.15, 0.2) is 42.5 Å². The molecule has 23 heavy (non-hydrogen) atoms. The molecule has 2 N–H and O–H groups in total. The summed E-state index contributed by atoms with van der Waals surface area (Å²) in [7, 11) is 3.23. The third-order valence-electron chi connectivity index (χ3n) is 3.42. The molecule has 0 atom stereocenters. The van der Waals surface area contributed by atoms with Gasteiger partial charge in [-0.15, -0.1) is 0 Å². The van der Waals surface area contributed by atoms with Crippen LogP contribution in [0.25, 0.3) is 0 Å². The maximum atomic E-state index is 13.6. The first-order chi connectivity index (χ1) is 11.0. The number of halogens is 1. The fraction of sp³-hybridized carbons (Fsp3) is 0.235. The Kier molecular flexibility index (Phi) is 5.54. The third-order valence-corrected chi connectivity index (χ3v) is 3.42. The SMILES string of the molecule is COc1ccc(C(=O)Nc2ccc(N(C)CCO)cc2)cc1F. The Hall–Kier alpha value is -2.60. The number of ether oxygens (including phenoxy) is 1. The standard InChI is InChI=1S/C17H19FN2O3/c1-20(9-10-21)14-6-4-13(5-7-14)19-17(22)12-3-8-16(23-2)15(18)11-12/h3-8,11,21H,9-10H2,1-2H3,(H,19,22). The summed E-state index contributed by atoms with van der Waals surface area (Å²) in [6.45, 7) is 0.592. The van der Waals surface area contributed by atoms with Crippen LogP contribution in [-0.2, 0) is 0 Å². The van der Waals surface area contributed by atoms with Gasteiger partial charge in [-0.3, -0.25) is 4.79 Å². The number of amides is 1. The average Bonchev–Trinajstić information content (AvgIpc) is 2.55. The van der Waals surface area contributed by atoms with Gasteiger partial charge in [0.15, 0.2) is 11.6 Å². The first-order valence-electron chi connectivity index (χ1n) is 7.12. The number of nitrogens with zero attached hydrogens (tertiary/aromatic N) is 1. The Labute approximate surface area is 134 Å². The molecule has 0 spiro atoms. The monoisotopic (exact) mass is 318 g/mol. The van der Waals surface area contributed by atoms with Crippen LogP contribution in [0, 0.1) is 5.82 Å². The lowest BCUT2D eigenvalue weighted by molar-refractivity contribution is 0.102. The van der Waals surface area contributed by atoms with Crippen molar-refractivity contribution in [3.63, 3.8) is 0 Å². The lowest BCUT2D eigenvalue weighted by Gasteiger charge is -2.18. The molecule has 122 valence electrons. The van der Waals surface area contributed by atoms with Crippen LogP contribution in [0.5, 0.6) is 5.75 Å². The van der Waals surface area contributed by atoms with Crippen molar-refractivity contribution in [3.8, 4) is 5.75 Å². The number of rotatable bonds is 6. The fourth-order valence-electron chi connectivity index (χ4n) is 2.09. The van der Waals surface area contributed by atoms with Crippen LogP contribution in [0.2, 0.25) is 0 Å². The molecule has 1 amide bonds. The van der Waals surface area contributed by atoms with Crippen LogP contribution in [0.3, 0.4) is 0 Å². The van der Waals surface area contributed by atoms with Crippen LogP contribution < -0.4 is 15.0 Å². The second-order valence-electron chi connectivity index (χ2n) is 5.00. The topological polar surface area (TPSA) is 61.8 Å².